The van der Waals surface area contributed by atoms with E-state index in [1.807, 2.05) is 0 Å². The fourth-order valence-electron chi connectivity index (χ4n) is 0.164. The van der Waals surface area contributed by atoms with Crippen molar-refractivity contribution >= 4 is 9.84 Å². The highest BCUT2D eigenvalue weighted by Gasteiger charge is 2.13. The number of epoxide rings is 1. The molecule has 1 unspecified atom stereocenters. The van der Waals surface area contributed by atoms with Crippen LogP contribution in [0.15, 0.2) is 24.0 Å². The summed E-state index contributed by atoms with van der Waals surface area (Å²) < 4.78 is 25.0. The molecule has 0 aromatic rings. The molecule has 1 rings (SSSR count). The Balaban J connectivity index is 0.000000207. The lowest BCUT2D eigenvalue weighted by Gasteiger charge is -1.78. The van der Waals surface area contributed by atoms with Crippen molar-refractivity contribution in [3.05, 3.63) is 24.0 Å². The number of rotatable bonds is 2. The van der Waals surface area contributed by atoms with E-state index in [0.29, 0.717) is 6.10 Å². The monoisotopic (exact) mass is 176 g/mol. The normalized spacial score (nSPS) is 21.0. The van der Waals surface area contributed by atoms with Gasteiger partial charge in [0.05, 0.1) is 12.7 Å². The molecular weight excluding hydrogens is 164 g/mol. The first-order valence-corrected chi connectivity index (χ1v) is 4.74. The summed E-state index contributed by atoms with van der Waals surface area (Å²) in [5.41, 5.74) is 0. The zero-order valence-electron chi connectivity index (χ0n) is 6.49. The largest absolute Gasteiger partial charge is 0.373 e. The predicted molar refractivity (Wildman–Crippen MR) is 44.7 cm³/mol. The summed E-state index contributed by atoms with van der Waals surface area (Å²) in [6, 6.07) is 0. The Bertz CT molecular complexity index is 210. The van der Waals surface area contributed by atoms with Crippen LogP contribution in [0.3, 0.4) is 0 Å². The molecule has 0 N–H and O–H groups in total. The molecule has 1 aliphatic rings. The predicted octanol–water partition coefficient (Wildman–Crippen LogP) is 1.09. The fraction of sp³-hybridized carbons (Fsp3) is 0.429. The second-order valence-electron chi connectivity index (χ2n) is 2.07. The molecule has 3 nitrogen and oxygen atoms in total. The summed E-state index contributed by atoms with van der Waals surface area (Å²) >= 11 is 0. The molecule has 0 aliphatic carbocycles. The van der Waals surface area contributed by atoms with E-state index in [1.165, 1.54) is 0 Å². The maximum absolute atomic E-state index is 10.1. The molecule has 1 fully saturated rings. The molecule has 1 atom stereocenters. The average molecular weight is 176 g/mol. The molecule has 0 saturated carbocycles. The highest BCUT2D eigenvalue weighted by molar-refractivity contribution is 7.97. The van der Waals surface area contributed by atoms with Gasteiger partial charge in [0.2, 0.25) is 0 Å². The van der Waals surface area contributed by atoms with Crippen LogP contribution in [0.4, 0.5) is 0 Å². The summed E-state index contributed by atoms with van der Waals surface area (Å²) in [4.78, 5) is 0. The van der Waals surface area contributed by atoms with E-state index in [0.717, 1.165) is 17.4 Å². The smallest absolute Gasteiger partial charge is 0.191 e. The van der Waals surface area contributed by atoms with Gasteiger partial charge in [0.1, 0.15) is 0 Å². The summed E-state index contributed by atoms with van der Waals surface area (Å²) in [7, 11) is -3.13. The molecular formula is C7H12O3S. The average Bonchev–Trinajstić information content (AvgIpc) is 2.73. The number of hydrogen-bond acceptors (Lipinski definition) is 3. The molecule has 0 amide bonds. The van der Waals surface area contributed by atoms with Crippen molar-refractivity contribution in [1.82, 2.24) is 0 Å². The fourth-order valence-corrected chi connectivity index (χ4v) is 0.300. The van der Waals surface area contributed by atoms with Gasteiger partial charge in [-0.25, -0.2) is 8.42 Å². The van der Waals surface area contributed by atoms with Crippen LogP contribution in [0.2, 0.25) is 0 Å². The number of sulfone groups is 1. The lowest BCUT2D eigenvalue weighted by molar-refractivity contribution is 0.423. The first kappa shape index (κ1) is 10.4. The maximum atomic E-state index is 10.1. The van der Waals surface area contributed by atoms with E-state index in [2.05, 4.69) is 20.1 Å². The van der Waals surface area contributed by atoms with Gasteiger partial charge in [-0.3, -0.25) is 0 Å². The summed E-state index contributed by atoms with van der Waals surface area (Å²) in [5.74, 6) is 0. The first-order valence-electron chi connectivity index (χ1n) is 3.13. The van der Waals surface area contributed by atoms with Crippen molar-refractivity contribution in [3.8, 4) is 0 Å². The maximum Gasteiger partial charge on any atom is 0.191 e. The highest BCUT2D eigenvalue weighted by atomic mass is 32.2. The Kier molecular flexibility index (Phi) is 4.07. The minimum atomic E-state index is -3.13. The van der Waals surface area contributed by atoms with Gasteiger partial charge in [-0.15, -0.1) is 0 Å². The van der Waals surface area contributed by atoms with Crippen LogP contribution >= 0.6 is 0 Å². The van der Waals surface area contributed by atoms with Crippen molar-refractivity contribution < 1.29 is 13.2 Å². The molecule has 0 aromatic carbocycles. The van der Waals surface area contributed by atoms with Gasteiger partial charge in [0, 0.05) is 10.8 Å². The van der Waals surface area contributed by atoms with Crippen molar-refractivity contribution in [2.24, 2.45) is 0 Å². The van der Waals surface area contributed by atoms with Crippen LogP contribution in [0.5, 0.6) is 0 Å². The van der Waals surface area contributed by atoms with Gasteiger partial charge < -0.3 is 4.74 Å². The van der Waals surface area contributed by atoms with Crippen LogP contribution < -0.4 is 0 Å². The lowest BCUT2D eigenvalue weighted by Crippen LogP contribution is -1.83. The van der Waals surface area contributed by atoms with E-state index in [1.54, 1.807) is 0 Å². The minimum Gasteiger partial charge on any atom is -0.373 e. The van der Waals surface area contributed by atoms with Crippen molar-refractivity contribution in [2.45, 2.75) is 13.0 Å². The molecule has 1 heterocycles. The molecule has 64 valence electrons. The van der Waals surface area contributed by atoms with Gasteiger partial charge in [-0.05, 0) is 6.92 Å². The third-order valence-electron chi connectivity index (χ3n) is 0.965. The van der Waals surface area contributed by atoms with Crippen LogP contribution in [0.25, 0.3) is 0 Å². The Morgan fingerprint density at radius 2 is 1.73 bits per heavy atom. The van der Waals surface area contributed by atoms with Crippen LogP contribution in [-0.2, 0) is 14.6 Å². The summed E-state index contributed by atoms with van der Waals surface area (Å²) in [5, 5.41) is 1.69. The van der Waals surface area contributed by atoms with E-state index >= 15 is 0 Å². The minimum absolute atomic E-state index is 0.583. The van der Waals surface area contributed by atoms with E-state index in [-0.39, 0.29) is 0 Å². The van der Waals surface area contributed by atoms with Gasteiger partial charge in [0.25, 0.3) is 0 Å². The van der Waals surface area contributed by atoms with Gasteiger partial charge in [0.15, 0.2) is 9.84 Å². The molecule has 1 aliphatic heterocycles. The summed E-state index contributed by atoms with van der Waals surface area (Å²) in [6.07, 6.45) is 0.583. The Morgan fingerprint density at radius 1 is 1.45 bits per heavy atom. The standard InChI is InChI=1S/C4H6O2S.C3H6O/c1-3-7(5,6)4-2;1-3-2-4-3/h3-4H,1-2H2;3H,2H2,1H3. The topological polar surface area (TPSA) is 46.7 Å². The SMILES string of the molecule is C=CS(=O)(=O)C=C.CC1CO1. The number of ether oxygens (including phenoxy) is 1. The molecule has 0 bridgehead atoms. The van der Waals surface area contributed by atoms with Gasteiger partial charge in [-0.1, -0.05) is 13.2 Å². The molecule has 0 radical (unpaired) electrons. The van der Waals surface area contributed by atoms with E-state index in [9.17, 15) is 8.42 Å². The van der Waals surface area contributed by atoms with Gasteiger partial charge >= 0.3 is 0 Å². The first-order chi connectivity index (χ1) is 5.02. The second-order valence-corrected chi connectivity index (χ2v) is 3.91. The Labute approximate surface area is 67.3 Å². The second kappa shape index (κ2) is 4.31. The quantitative estimate of drug-likeness (QED) is 0.592. The van der Waals surface area contributed by atoms with E-state index < -0.39 is 9.84 Å². The van der Waals surface area contributed by atoms with Gasteiger partial charge in [-0.2, -0.15) is 0 Å². The molecule has 0 spiro atoms. The van der Waals surface area contributed by atoms with E-state index in [4.69, 9.17) is 4.74 Å². The lowest BCUT2D eigenvalue weighted by atomic mass is 10.6. The Morgan fingerprint density at radius 3 is 1.73 bits per heavy atom. The number of hydrogen-bond donors (Lipinski definition) is 0. The molecule has 0 aromatic heterocycles. The zero-order chi connectivity index (χ0) is 8.91. The van der Waals surface area contributed by atoms with Crippen molar-refractivity contribution in [2.75, 3.05) is 6.61 Å². The van der Waals surface area contributed by atoms with Crippen molar-refractivity contribution in [3.63, 3.8) is 0 Å². The van der Waals surface area contributed by atoms with Crippen molar-refractivity contribution in [1.29, 1.82) is 0 Å². The van der Waals surface area contributed by atoms with Crippen LogP contribution in [0, 0.1) is 0 Å². The summed E-state index contributed by atoms with van der Waals surface area (Å²) in [6.45, 7) is 9.13. The Hall–Kier alpha value is -0.610. The van der Waals surface area contributed by atoms with Crippen LogP contribution in [-0.4, -0.2) is 21.1 Å². The highest BCUT2D eigenvalue weighted by Crippen LogP contribution is 2.04. The molecule has 11 heavy (non-hydrogen) atoms. The zero-order valence-corrected chi connectivity index (χ0v) is 7.30. The third kappa shape index (κ3) is 7.29. The molecule has 4 heteroatoms. The molecule has 1 saturated heterocycles. The van der Waals surface area contributed by atoms with Crippen LogP contribution in [0.1, 0.15) is 6.92 Å². The third-order valence-corrected chi connectivity index (χ3v) is 1.89.